The maximum absolute atomic E-state index is 3.46. The molecule has 0 aromatic rings. The van der Waals surface area contributed by atoms with Gasteiger partial charge in [-0.1, -0.05) is 0 Å². The van der Waals surface area contributed by atoms with E-state index in [9.17, 15) is 0 Å². The van der Waals surface area contributed by atoms with Crippen LogP contribution in [0, 0.1) is 5.92 Å². The Labute approximate surface area is 123 Å². The number of rotatable bonds is 3. The molecule has 3 rings (SSSR count). The molecule has 0 aromatic heterocycles. The SMILES string of the molecule is C1CC(N2CCN(CC3CC3)CC2)CCN1.Cl.Cl. The van der Waals surface area contributed by atoms with Crippen molar-refractivity contribution in [3.8, 4) is 0 Å². The van der Waals surface area contributed by atoms with E-state index < -0.39 is 0 Å². The minimum Gasteiger partial charge on any atom is -0.317 e. The lowest BCUT2D eigenvalue weighted by molar-refractivity contribution is 0.0797. The standard InChI is InChI=1S/C13H25N3.2ClH/c1-2-12(1)11-15-7-9-16(10-8-15)13-3-5-14-6-4-13;;/h12-14H,1-11H2;2*1H. The number of hydrogen-bond acceptors (Lipinski definition) is 3. The summed E-state index contributed by atoms with van der Waals surface area (Å²) in [6.07, 6.45) is 5.72. The molecule has 18 heavy (non-hydrogen) atoms. The van der Waals surface area contributed by atoms with Crippen molar-refractivity contribution < 1.29 is 0 Å². The summed E-state index contributed by atoms with van der Waals surface area (Å²) < 4.78 is 0. The Morgan fingerprint density at radius 2 is 1.44 bits per heavy atom. The number of halogens is 2. The fourth-order valence-corrected chi connectivity index (χ4v) is 3.15. The Balaban J connectivity index is 0.000000810. The first-order valence-electron chi connectivity index (χ1n) is 7.09. The molecule has 1 N–H and O–H groups in total. The summed E-state index contributed by atoms with van der Waals surface area (Å²) in [5, 5.41) is 3.46. The first kappa shape index (κ1) is 16.5. The van der Waals surface area contributed by atoms with E-state index in [1.165, 1.54) is 71.5 Å². The Kier molecular flexibility index (Phi) is 7.25. The van der Waals surface area contributed by atoms with E-state index in [2.05, 4.69) is 15.1 Å². The van der Waals surface area contributed by atoms with Crippen molar-refractivity contribution in [3.05, 3.63) is 0 Å². The van der Waals surface area contributed by atoms with Crippen molar-refractivity contribution in [2.45, 2.75) is 31.7 Å². The van der Waals surface area contributed by atoms with Crippen LogP contribution < -0.4 is 5.32 Å². The van der Waals surface area contributed by atoms with Gasteiger partial charge in [0.05, 0.1) is 0 Å². The number of piperidine rings is 1. The van der Waals surface area contributed by atoms with Crippen molar-refractivity contribution in [2.75, 3.05) is 45.8 Å². The number of hydrogen-bond donors (Lipinski definition) is 1. The summed E-state index contributed by atoms with van der Waals surface area (Å²) in [5.74, 6) is 1.06. The zero-order chi connectivity index (χ0) is 10.8. The summed E-state index contributed by atoms with van der Waals surface area (Å²) in [4.78, 5) is 5.43. The van der Waals surface area contributed by atoms with Gasteiger partial charge >= 0.3 is 0 Å². The first-order chi connectivity index (χ1) is 7.92. The fourth-order valence-electron chi connectivity index (χ4n) is 3.15. The van der Waals surface area contributed by atoms with Crippen molar-refractivity contribution in [2.24, 2.45) is 5.92 Å². The van der Waals surface area contributed by atoms with Gasteiger partial charge in [0.25, 0.3) is 0 Å². The van der Waals surface area contributed by atoms with Crippen LogP contribution in [0.3, 0.4) is 0 Å². The molecule has 5 heteroatoms. The Bertz CT molecular complexity index is 222. The first-order valence-corrected chi connectivity index (χ1v) is 7.09. The molecular formula is C13H27Cl2N3. The minimum absolute atomic E-state index is 0. The molecule has 0 radical (unpaired) electrons. The lowest BCUT2D eigenvalue weighted by Gasteiger charge is -2.41. The van der Waals surface area contributed by atoms with Gasteiger partial charge in [0.2, 0.25) is 0 Å². The van der Waals surface area contributed by atoms with Crippen LogP contribution in [0.25, 0.3) is 0 Å². The maximum Gasteiger partial charge on any atom is 0.0120 e. The Morgan fingerprint density at radius 1 is 0.833 bits per heavy atom. The number of piperazine rings is 1. The zero-order valence-electron chi connectivity index (χ0n) is 11.1. The molecule has 0 aromatic carbocycles. The van der Waals surface area contributed by atoms with E-state index in [1.54, 1.807) is 0 Å². The molecule has 2 heterocycles. The van der Waals surface area contributed by atoms with Crippen molar-refractivity contribution in [3.63, 3.8) is 0 Å². The highest BCUT2D eigenvalue weighted by Crippen LogP contribution is 2.30. The van der Waals surface area contributed by atoms with Gasteiger partial charge in [-0.25, -0.2) is 0 Å². The molecule has 1 aliphatic carbocycles. The molecular weight excluding hydrogens is 269 g/mol. The third kappa shape index (κ3) is 4.53. The molecule has 0 amide bonds. The summed E-state index contributed by atoms with van der Waals surface area (Å²) in [6.45, 7) is 9.12. The number of nitrogens with one attached hydrogen (secondary N) is 1. The summed E-state index contributed by atoms with van der Waals surface area (Å²) in [6, 6.07) is 0.879. The van der Waals surface area contributed by atoms with Gasteiger partial charge in [-0.2, -0.15) is 0 Å². The van der Waals surface area contributed by atoms with Crippen LogP contribution in [0.2, 0.25) is 0 Å². The van der Waals surface area contributed by atoms with Gasteiger partial charge in [0.1, 0.15) is 0 Å². The lowest BCUT2D eigenvalue weighted by Crippen LogP contribution is -2.52. The fraction of sp³-hybridized carbons (Fsp3) is 1.00. The highest BCUT2D eigenvalue weighted by molar-refractivity contribution is 5.85. The van der Waals surface area contributed by atoms with E-state index >= 15 is 0 Å². The van der Waals surface area contributed by atoms with Gasteiger partial charge in [-0.15, -0.1) is 24.8 Å². The van der Waals surface area contributed by atoms with Crippen LogP contribution in [0.1, 0.15) is 25.7 Å². The predicted octanol–water partition coefficient (Wildman–Crippen LogP) is 1.61. The van der Waals surface area contributed by atoms with Crippen molar-refractivity contribution >= 4 is 24.8 Å². The average molecular weight is 296 g/mol. The minimum atomic E-state index is 0. The third-order valence-electron chi connectivity index (χ3n) is 4.45. The quantitative estimate of drug-likeness (QED) is 0.853. The second-order valence-electron chi connectivity index (χ2n) is 5.76. The average Bonchev–Trinajstić information content (AvgIpc) is 3.15. The molecule has 3 fully saturated rings. The number of nitrogens with zero attached hydrogens (tertiary/aromatic N) is 2. The summed E-state index contributed by atoms with van der Waals surface area (Å²) >= 11 is 0. The van der Waals surface area contributed by atoms with Gasteiger partial charge in [-0.3, -0.25) is 4.90 Å². The normalized spacial score (nSPS) is 27.3. The van der Waals surface area contributed by atoms with Crippen LogP contribution in [-0.4, -0.2) is 61.7 Å². The molecule has 2 aliphatic heterocycles. The van der Waals surface area contributed by atoms with Gasteiger partial charge < -0.3 is 10.2 Å². The topological polar surface area (TPSA) is 18.5 Å². The van der Waals surface area contributed by atoms with E-state index in [4.69, 9.17) is 0 Å². The summed E-state index contributed by atoms with van der Waals surface area (Å²) in [5.41, 5.74) is 0. The van der Waals surface area contributed by atoms with Crippen LogP contribution in [-0.2, 0) is 0 Å². The summed E-state index contributed by atoms with van der Waals surface area (Å²) in [7, 11) is 0. The second-order valence-corrected chi connectivity index (χ2v) is 5.76. The molecule has 108 valence electrons. The molecule has 2 saturated heterocycles. The lowest BCUT2D eigenvalue weighted by atomic mass is 10.0. The zero-order valence-corrected chi connectivity index (χ0v) is 12.8. The van der Waals surface area contributed by atoms with Gasteiger partial charge in [0, 0.05) is 38.8 Å². The Morgan fingerprint density at radius 3 is 2.00 bits per heavy atom. The van der Waals surface area contributed by atoms with Crippen LogP contribution in [0.5, 0.6) is 0 Å². The van der Waals surface area contributed by atoms with E-state index in [-0.39, 0.29) is 24.8 Å². The molecule has 0 bridgehead atoms. The highest BCUT2D eigenvalue weighted by Gasteiger charge is 2.28. The van der Waals surface area contributed by atoms with E-state index in [0.29, 0.717) is 0 Å². The molecule has 0 unspecified atom stereocenters. The molecule has 0 atom stereocenters. The monoisotopic (exact) mass is 295 g/mol. The van der Waals surface area contributed by atoms with Crippen LogP contribution in [0.15, 0.2) is 0 Å². The molecule has 3 nitrogen and oxygen atoms in total. The van der Waals surface area contributed by atoms with Crippen molar-refractivity contribution in [1.82, 2.24) is 15.1 Å². The molecule has 3 aliphatic rings. The molecule has 1 saturated carbocycles. The highest BCUT2D eigenvalue weighted by atomic mass is 35.5. The van der Waals surface area contributed by atoms with E-state index in [0.717, 1.165) is 12.0 Å². The van der Waals surface area contributed by atoms with Crippen LogP contribution in [0.4, 0.5) is 0 Å². The van der Waals surface area contributed by atoms with Gasteiger partial charge in [0.15, 0.2) is 0 Å². The van der Waals surface area contributed by atoms with E-state index in [1.807, 2.05) is 0 Å². The van der Waals surface area contributed by atoms with Gasteiger partial charge in [-0.05, 0) is 44.7 Å². The van der Waals surface area contributed by atoms with Crippen LogP contribution >= 0.6 is 24.8 Å². The molecule has 0 spiro atoms. The van der Waals surface area contributed by atoms with Crippen molar-refractivity contribution in [1.29, 1.82) is 0 Å². The second kappa shape index (κ2) is 7.91. The Hall–Kier alpha value is 0.460. The predicted molar refractivity (Wildman–Crippen MR) is 81.1 cm³/mol. The maximum atomic E-state index is 3.46. The third-order valence-corrected chi connectivity index (χ3v) is 4.45. The smallest absolute Gasteiger partial charge is 0.0120 e. The largest absolute Gasteiger partial charge is 0.317 e.